The number of nitrogens with one attached hydrogen (secondary N) is 1. The maximum absolute atomic E-state index is 15.3. The first-order valence-electron chi connectivity index (χ1n) is 8.67. The Morgan fingerprint density at radius 1 is 1.33 bits per heavy atom. The summed E-state index contributed by atoms with van der Waals surface area (Å²) in [5.41, 5.74) is -4.18. The van der Waals surface area contributed by atoms with E-state index in [4.69, 9.17) is 14.0 Å². The molecule has 1 aliphatic heterocycles. The molecule has 0 amide bonds. The number of alkyl halides is 1. The number of aliphatic hydroxyl groups is 2. The van der Waals surface area contributed by atoms with Gasteiger partial charge >= 0.3 is 20.1 Å². The molecule has 1 aromatic carbocycles. The number of aromatic nitrogens is 2. The van der Waals surface area contributed by atoms with Gasteiger partial charge in [0.25, 0.3) is 11.4 Å². The lowest BCUT2D eigenvalue weighted by Crippen LogP contribution is -2.50. The van der Waals surface area contributed by atoms with E-state index in [2.05, 4.69) is 6.58 Å². The molecular weight excluding hydrogens is 422 g/mol. The zero-order valence-electron chi connectivity index (χ0n) is 15.5. The highest BCUT2D eigenvalue weighted by Crippen LogP contribution is 2.46. The maximum atomic E-state index is 15.3. The van der Waals surface area contributed by atoms with Crippen molar-refractivity contribution in [3.8, 4) is 5.75 Å². The molecule has 0 aliphatic carbocycles. The van der Waals surface area contributed by atoms with Gasteiger partial charge in [-0.2, -0.15) is 0 Å². The fourth-order valence-electron chi connectivity index (χ4n) is 2.88. The molecule has 1 aliphatic rings. The van der Waals surface area contributed by atoms with Crippen molar-refractivity contribution in [2.75, 3.05) is 13.0 Å². The van der Waals surface area contributed by atoms with Crippen molar-refractivity contribution in [2.24, 2.45) is 0 Å². The Bertz CT molecular complexity index is 1040. The van der Waals surface area contributed by atoms with Crippen LogP contribution in [0.3, 0.4) is 0 Å². The van der Waals surface area contributed by atoms with Crippen LogP contribution in [0.4, 0.5) is 4.39 Å². The van der Waals surface area contributed by atoms with Gasteiger partial charge in [0.15, 0.2) is 24.5 Å². The quantitative estimate of drug-likeness (QED) is 0.404. The second-order valence-electron chi connectivity index (χ2n) is 6.46. The monoisotopic (exact) mass is 441 g/mol. The summed E-state index contributed by atoms with van der Waals surface area (Å²) in [5, 5.41) is 21.0. The van der Waals surface area contributed by atoms with E-state index in [-0.39, 0.29) is 6.35 Å². The number of halogens is 1. The highest BCUT2D eigenvalue weighted by atomic mass is 31.1. The van der Waals surface area contributed by atoms with Gasteiger partial charge in [-0.15, -0.1) is 4.52 Å². The van der Waals surface area contributed by atoms with Gasteiger partial charge in [-0.3, -0.25) is 14.3 Å². The first-order valence-corrected chi connectivity index (χ1v) is 10.0. The molecule has 30 heavy (non-hydrogen) atoms. The molecule has 3 N–H and O–H groups in total. The third kappa shape index (κ3) is 4.25. The van der Waals surface area contributed by atoms with E-state index in [1.807, 2.05) is 4.98 Å². The lowest BCUT2D eigenvalue weighted by molar-refractivity contribution is -0.202. The van der Waals surface area contributed by atoms with Gasteiger partial charge in [-0.05, 0) is 16.7 Å². The molecule has 160 valence electrons. The minimum absolute atomic E-state index is 0.389. The van der Waals surface area contributed by atoms with E-state index in [1.165, 1.54) is 0 Å². The molecule has 0 spiro atoms. The van der Waals surface area contributed by atoms with Crippen molar-refractivity contribution < 1.29 is 33.2 Å². The summed E-state index contributed by atoms with van der Waals surface area (Å²) in [7, 11) is -2.51. The topological polar surface area (TPSA) is 140 Å². The van der Waals surface area contributed by atoms with Crippen molar-refractivity contribution in [1.82, 2.24) is 9.55 Å². The van der Waals surface area contributed by atoms with Gasteiger partial charge in [-0.25, -0.2) is 9.18 Å². The second-order valence-corrected chi connectivity index (χ2v) is 7.64. The molecule has 10 nitrogen and oxygen atoms in total. The number of benzene rings is 1. The summed E-state index contributed by atoms with van der Waals surface area (Å²) in [6.45, 7) is 2.31. The third-order valence-electron chi connectivity index (χ3n) is 4.47. The highest BCUT2D eigenvalue weighted by molar-refractivity contribution is 7.38. The van der Waals surface area contributed by atoms with Gasteiger partial charge in [-0.1, -0.05) is 30.9 Å². The van der Waals surface area contributed by atoms with Gasteiger partial charge in [0.2, 0.25) is 0 Å². The van der Waals surface area contributed by atoms with Gasteiger partial charge in [0, 0.05) is 12.3 Å². The van der Waals surface area contributed by atoms with Crippen LogP contribution in [0, 0.1) is 0 Å². The summed E-state index contributed by atoms with van der Waals surface area (Å²) in [4.78, 5) is 25.2. The summed E-state index contributed by atoms with van der Waals surface area (Å²) < 4.78 is 43.3. The Kier molecular flexibility index (Phi) is 6.30. The molecule has 3 rings (SSSR count). The smallest absolute Gasteiger partial charge is 0.446 e. The fourth-order valence-corrected chi connectivity index (χ4v) is 3.53. The number of nitrogens with zero attached hydrogens (tertiary/aromatic N) is 1. The molecule has 2 heterocycles. The van der Waals surface area contributed by atoms with Crippen molar-refractivity contribution in [3.05, 3.63) is 76.1 Å². The Labute approximate surface area is 170 Å². The van der Waals surface area contributed by atoms with Crippen LogP contribution in [0.25, 0.3) is 0 Å². The zero-order valence-corrected chi connectivity index (χ0v) is 16.4. The van der Waals surface area contributed by atoms with E-state index in [1.54, 1.807) is 30.3 Å². The molecule has 0 bridgehead atoms. The maximum Gasteiger partial charge on any atom is 0.550 e. The van der Waals surface area contributed by atoms with Crippen LogP contribution in [0.2, 0.25) is 0 Å². The van der Waals surface area contributed by atoms with Gasteiger partial charge in [0.1, 0.15) is 5.75 Å². The average molecular weight is 441 g/mol. The molecule has 1 aromatic heterocycles. The predicted octanol–water partition coefficient (Wildman–Crippen LogP) is 0.805. The third-order valence-corrected chi connectivity index (χ3v) is 5.22. The summed E-state index contributed by atoms with van der Waals surface area (Å²) in [6, 6.07) is 9.38. The Balaban J connectivity index is 1.73. The summed E-state index contributed by atoms with van der Waals surface area (Å²) in [6.07, 6.45) is -2.64. The minimum atomic E-state index is -3.04. The number of H-pyrrole nitrogens is 1. The fraction of sp³-hybridized carbons (Fsp3) is 0.333. The molecule has 0 radical (unpaired) electrons. The SMILES string of the molecule is C=C[C@]1(O)[C@H](n2ccc(=O)[nH]c2=O)O[C@](F)(CO[P+](=O)COc2ccccc2)[C@H]1O. The first-order chi connectivity index (χ1) is 14.2. The van der Waals surface area contributed by atoms with Gasteiger partial charge < -0.3 is 19.7 Å². The Hall–Kier alpha value is -2.69. The lowest BCUT2D eigenvalue weighted by atomic mass is 9.93. The standard InChI is InChI=1S/C18H18FN2O8P/c1-2-17(25)14(23)18(19,29-15(17)21-9-8-13(22)20-16(21)24)10-28-30(26)11-27-12-6-4-3-5-7-12/h2-9,14-15,23,25H,1,10-11H2/p+1/t14-,15+,17+,18+/m0/s1. The van der Waals surface area contributed by atoms with Crippen molar-refractivity contribution >= 4 is 8.03 Å². The summed E-state index contributed by atoms with van der Waals surface area (Å²) in [5.74, 6) is -2.61. The first kappa shape index (κ1) is 22.0. The van der Waals surface area contributed by atoms with E-state index < -0.39 is 49.7 Å². The van der Waals surface area contributed by atoms with E-state index in [0.29, 0.717) is 10.3 Å². The lowest BCUT2D eigenvalue weighted by Gasteiger charge is -2.28. The second kappa shape index (κ2) is 8.58. The largest absolute Gasteiger partial charge is 0.550 e. The van der Waals surface area contributed by atoms with Gasteiger partial charge in [0.05, 0.1) is 0 Å². The number of aliphatic hydroxyl groups excluding tert-OH is 1. The normalized spacial score (nSPS) is 28.8. The van der Waals surface area contributed by atoms with Crippen LogP contribution in [0.1, 0.15) is 6.23 Å². The molecule has 12 heteroatoms. The van der Waals surface area contributed by atoms with Crippen molar-refractivity contribution in [3.63, 3.8) is 0 Å². The summed E-state index contributed by atoms with van der Waals surface area (Å²) >= 11 is 0. The van der Waals surface area contributed by atoms with Crippen molar-refractivity contribution in [2.45, 2.75) is 23.8 Å². The van der Waals surface area contributed by atoms with E-state index in [9.17, 15) is 24.4 Å². The number of hydrogen-bond donors (Lipinski definition) is 3. The highest BCUT2D eigenvalue weighted by Gasteiger charge is 2.65. The van der Waals surface area contributed by atoms with Crippen molar-refractivity contribution in [1.29, 1.82) is 0 Å². The molecule has 1 saturated heterocycles. The number of ether oxygens (including phenoxy) is 2. The Morgan fingerprint density at radius 3 is 2.67 bits per heavy atom. The van der Waals surface area contributed by atoms with Crippen LogP contribution in [-0.4, -0.2) is 50.3 Å². The van der Waals surface area contributed by atoms with Crippen LogP contribution in [0.5, 0.6) is 5.75 Å². The molecule has 1 unspecified atom stereocenters. The number of para-hydroxylation sites is 1. The Morgan fingerprint density at radius 2 is 2.03 bits per heavy atom. The van der Waals surface area contributed by atoms with Crippen LogP contribution in [0.15, 0.2) is 64.8 Å². The molecule has 0 saturated carbocycles. The van der Waals surface area contributed by atoms with E-state index in [0.717, 1.165) is 18.3 Å². The molecule has 2 aromatic rings. The number of hydrogen-bond acceptors (Lipinski definition) is 8. The number of aromatic amines is 1. The minimum Gasteiger partial charge on any atom is -0.446 e. The van der Waals surface area contributed by atoms with Crippen LogP contribution in [-0.2, 0) is 13.8 Å². The zero-order chi connectivity index (χ0) is 21.9. The molecular formula is C18H19FN2O8P+. The van der Waals surface area contributed by atoms with Crippen LogP contribution < -0.4 is 16.0 Å². The van der Waals surface area contributed by atoms with E-state index >= 15 is 4.39 Å². The number of rotatable bonds is 8. The average Bonchev–Trinajstić information content (AvgIpc) is 2.93. The predicted molar refractivity (Wildman–Crippen MR) is 102 cm³/mol. The molecule has 1 fully saturated rings. The molecule has 5 atom stereocenters. The van der Waals surface area contributed by atoms with Crippen LogP contribution >= 0.6 is 8.03 Å².